The van der Waals surface area contributed by atoms with E-state index in [9.17, 15) is 18.0 Å². The van der Waals surface area contributed by atoms with Gasteiger partial charge in [0.2, 0.25) is 0 Å². The van der Waals surface area contributed by atoms with Crippen LogP contribution in [-0.2, 0) is 4.79 Å². The van der Waals surface area contributed by atoms with E-state index in [1.807, 2.05) is 18.7 Å². The number of ketones is 1. The van der Waals surface area contributed by atoms with Crippen LogP contribution in [0.3, 0.4) is 0 Å². The van der Waals surface area contributed by atoms with Gasteiger partial charge in [-0.25, -0.2) is 0 Å². The molecule has 0 bridgehead atoms. The van der Waals surface area contributed by atoms with Crippen LogP contribution in [0, 0.1) is 0 Å². The van der Waals surface area contributed by atoms with Gasteiger partial charge in [0, 0.05) is 6.42 Å². The zero-order chi connectivity index (χ0) is 13.8. The third-order valence-electron chi connectivity index (χ3n) is 3.95. The molecular weight excluding hydrogens is 243 g/mol. The second kappa shape index (κ2) is 6.04. The number of alkyl halides is 3. The van der Waals surface area contributed by atoms with Crippen LogP contribution in [0.4, 0.5) is 13.2 Å². The van der Waals surface area contributed by atoms with E-state index in [1.165, 1.54) is 0 Å². The first kappa shape index (κ1) is 15.5. The van der Waals surface area contributed by atoms with Crippen molar-refractivity contribution in [2.45, 2.75) is 64.1 Å². The molecule has 1 rings (SSSR count). The van der Waals surface area contributed by atoms with Crippen molar-refractivity contribution in [3.8, 4) is 0 Å². The summed E-state index contributed by atoms with van der Waals surface area (Å²) in [5.74, 6) is -0.221. The van der Waals surface area contributed by atoms with Gasteiger partial charge < -0.3 is 0 Å². The van der Waals surface area contributed by atoms with Crippen molar-refractivity contribution in [2.75, 3.05) is 13.1 Å². The van der Waals surface area contributed by atoms with Crippen molar-refractivity contribution in [3.05, 3.63) is 0 Å². The van der Waals surface area contributed by atoms with Crippen LogP contribution in [0.2, 0.25) is 0 Å². The molecule has 0 amide bonds. The standard InChI is InChI=1S/C13H22F3NO/c1-3-17(4-2)12(8-5-6-9-12)11(18)7-10-13(14,15)16/h3-10H2,1-2H3. The second-order valence-corrected chi connectivity index (χ2v) is 4.95. The van der Waals surface area contributed by atoms with Gasteiger partial charge in [0.05, 0.1) is 12.0 Å². The Hall–Kier alpha value is -0.580. The van der Waals surface area contributed by atoms with Crippen molar-refractivity contribution >= 4 is 5.78 Å². The van der Waals surface area contributed by atoms with Gasteiger partial charge in [0.15, 0.2) is 5.78 Å². The number of nitrogens with zero attached hydrogens (tertiary/aromatic N) is 1. The second-order valence-electron chi connectivity index (χ2n) is 4.95. The molecule has 0 aromatic rings. The molecule has 0 spiro atoms. The minimum Gasteiger partial charge on any atom is -0.298 e. The molecule has 0 unspecified atom stereocenters. The Morgan fingerprint density at radius 1 is 1.17 bits per heavy atom. The molecule has 106 valence electrons. The summed E-state index contributed by atoms with van der Waals surface area (Å²) in [4.78, 5) is 14.3. The van der Waals surface area contributed by atoms with Crippen LogP contribution in [0.15, 0.2) is 0 Å². The van der Waals surface area contributed by atoms with Gasteiger partial charge >= 0.3 is 6.18 Å². The molecular formula is C13H22F3NO. The van der Waals surface area contributed by atoms with Crippen molar-refractivity contribution in [2.24, 2.45) is 0 Å². The van der Waals surface area contributed by atoms with E-state index < -0.39 is 18.1 Å². The number of Topliss-reactive ketones (excluding diaryl/α,β-unsaturated/α-hetero) is 1. The minimum absolute atomic E-state index is 0.221. The maximum absolute atomic E-state index is 12.2. The molecule has 0 atom stereocenters. The topological polar surface area (TPSA) is 20.3 Å². The van der Waals surface area contributed by atoms with Crippen LogP contribution in [0.25, 0.3) is 0 Å². The maximum atomic E-state index is 12.2. The fraction of sp³-hybridized carbons (Fsp3) is 0.923. The molecule has 5 heteroatoms. The summed E-state index contributed by atoms with van der Waals surface area (Å²) in [6.07, 6.45) is -2.30. The summed E-state index contributed by atoms with van der Waals surface area (Å²) in [5.41, 5.74) is -0.616. The number of hydrogen-bond donors (Lipinski definition) is 0. The number of carbonyl (C=O) groups excluding carboxylic acids is 1. The zero-order valence-electron chi connectivity index (χ0n) is 11.1. The smallest absolute Gasteiger partial charge is 0.298 e. The molecule has 2 nitrogen and oxygen atoms in total. The van der Waals surface area contributed by atoms with Crippen molar-refractivity contribution in [1.29, 1.82) is 0 Å². The summed E-state index contributed by atoms with van der Waals surface area (Å²) >= 11 is 0. The molecule has 1 fully saturated rings. The lowest BCUT2D eigenvalue weighted by molar-refractivity contribution is -0.148. The Morgan fingerprint density at radius 3 is 2.06 bits per heavy atom. The largest absolute Gasteiger partial charge is 0.389 e. The number of likely N-dealkylation sites (N-methyl/N-ethyl adjacent to an activating group) is 1. The Labute approximate surface area is 107 Å². The average molecular weight is 265 g/mol. The minimum atomic E-state index is -4.24. The van der Waals surface area contributed by atoms with Gasteiger partial charge in [-0.3, -0.25) is 9.69 Å². The number of hydrogen-bond acceptors (Lipinski definition) is 2. The first-order valence-corrected chi connectivity index (χ1v) is 6.71. The van der Waals surface area contributed by atoms with Crippen LogP contribution >= 0.6 is 0 Å². The van der Waals surface area contributed by atoms with Crippen LogP contribution in [-0.4, -0.2) is 35.5 Å². The van der Waals surface area contributed by atoms with Gasteiger partial charge in [-0.1, -0.05) is 26.7 Å². The molecule has 0 heterocycles. The average Bonchev–Trinajstić information content (AvgIpc) is 2.77. The van der Waals surface area contributed by atoms with E-state index in [0.29, 0.717) is 25.9 Å². The highest BCUT2D eigenvalue weighted by molar-refractivity contribution is 5.88. The molecule has 18 heavy (non-hydrogen) atoms. The van der Waals surface area contributed by atoms with Gasteiger partial charge in [-0.15, -0.1) is 0 Å². The molecule has 0 radical (unpaired) electrons. The van der Waals surface area contributed by atoms with Crippen molar-refractivity contribution < 1.29 is 18.0 Å². The Bertz CT molecular complexity index is 278. The lowest BCUT2D eigenvalue weighted by atomic mass is 9.87. The fourth-order valence-corrected chi connectivity index (χ4v) is 3.05. The highest BCUT2D eigenvalue weighted by atomic mass is 19.4. The molecule has 0 aromatic carbocycles. The van der Waals surface area contributed by atoms with Crippen LogP contribution in [0.1, 0.15) is 52.4 Å². The maximum Gasteiger partial charge on any atom is 0.389 e. The summed E-state index contributed by atoms with van der Waals surface area (Å²) < 4.78 is 36.7. The molecule has 1 aliphatic carbocycles. The van der Waals surface area contributed by atoms with E-state index in [2.05, 4.69) is 0 Å². The van der Waals surface area contributed by atoms with Crippen LogP contribution < -0.4 is 0 Å². The SMILES string of the molecule is CCN(CC)C1(C(=O)CCC(F)(F)F)CCCC1. The van der Waals surface area contributed by atoms with Crippen molar-refractivity contribution in [1.82, 2.24) is 4.90 Å². The Kier molecular flexibility index (Phi) is 5.20. The van der Waals surface area contributed by atoms with E-state index in [-0.39, 0.29) is 12.2 Å². The third-order valence-corrected chi connectivity index (χ3v) is 3.95. The highest BCUT2D eigenvalue weighted by Crippen LogP contribution is 2.38. The van der Waals surface area contributed by atoms with E-state index in [4.69, 9.17) is 0 Å². The van der Waals surface area contributed by atoms with Crippen LogP contribution in [0.5, 0.6) is 0 Å². The third kappa shape index (κ3) is 3.46. The van der Waals surface area contributed by atoms with E-state index in [0.717, 1.165) is 12.8 Å². The number of rotatable bonds is 6. The first-order chi connectivity index (χ1) is 8.35. The van der Waals surface area contributed by atoms with Gasteiger partial charge in [0.1, 0.15) is 0 Å². The molecule has 0 saturated heterocycles. The molecule has 1 saturated carbocycles. The predicted octanol–water partition coefficient (Wildman–Crippen LogP) is 3.55. The van der Waals surface area contributed by atoms with Gasteiger partial charge in [-0.05, 0) is 25.9 Å². The molecule has 1 aliphatic rings. The summed E-state index contributed by atoms with van der Waals surface area (Å²) in [6.45, 7) is 5.35. The number of carbonyl (C=O) groups is 1. The van der Waals surface area contributed by atoms with Gasteiger partial charge in [-0.2, -0.15) is 13.2 Å². The summed E-state index contributed by atoms with van der Waals surface area (Å²) in [6, 6.07) is 0. The molecule has 0 aromatic heterocycles. The monoisotopic (exact) mass is 265 g/mol. The van der Waals surface area contributed by atoms with E-state index >= 15 is 0 Å². The quantitative estimate of drug-likeness (QED) is 0.732. The lowest BCUT2D eigenvalue weighted by Gasteiger charge is -2.39. The van der Waals surface area contributed by atoms with Crippen molar-refractivity contribution in [3.63, 3.8) is 0 Å². The normalized spacial score (nSPS) is 19.4. The molecule has 0 aliphatic heterocycles. The van der Waals surface area contributed by atoms with Gasteiger partial charge in [0.25, 0.3) is 0 Å². The summed E-state index contributed by atoms with van der Waals surface area (Å²) in [7, 11) is 0. The molecule has 0 N–H and O–H groups in total. The zero-order valence-corrected chi connectivity index (χ0v) is 11.1. The predicted molar refractivity (Wildman–Crippen MR) is 64.4 cm³/mol. The Balaban J connectivity index is 2.75. The highest BCUT2D eigenvalue weighted by Gasteiger charge is 2.45. The fourth-order valence-electron chi connectivity index (χ4n) is 3.05. The first-order valence-electron chi connectivity index (χ1n) is 6.71. The summed E-state index contributed by atoms with van der Waals surface area (Å²) in [5, 5.41) is 0. The van der Waals surface area contributed by atoms with E-state index in [1.54, 1.807) is 0 Å². The Morgan fingerprint density at radius 2 is 1.67 bits per heavy atom. The number of halogens is 3. The lowest BCUT2D eigenvalue weighted by Crippen LogP contribution is -2.52.